The summed E-state index contributed by atoms with van der Waals surface area (Å²) in [7, 11) is 0. The zero-order valence-corrected chi connectivity index (χ0v) is 14.5. The van der Waals surface area contributed by atoms with Crippen molar-refractivity contribution in [1.82, 2.24) is 10.6 Å². The number of amides is 1. The van der Waals surface area contributed by atoms with Crippen LogP contribution in [0.4, 0.5) is 0 Å². The van der Waals surface area contributed by atoms with E-state index in [1.165, 1.54) is 19.3 Å². The van der Waals surface area contributed by atoms with Crippen molar-refractivity contribution in [3.8, 4) is 5.75 Å². The fourth-order valence-corrected chi connectivity index (χ4v) is 2.22. The van der Waals surface area contributed by atoms with E-state index in [9.17, 15) is 4.79 Å². The highest BCUT2D eigenvalue weighted by atomic mass is 32.1. The summed E-state index contributed by atoms with van der Waals surface area (Å²) in [4.78, 5) is 12.0. The van der Waals surface area contributed by atoms with E-state index in [1.807, 2.05) is 26.0 Å². The quantitative estimate of drug-likeness (QED) is 0.566. The standard InChI is InChI=1S/C17H26N2O2S/c1-4-5-6-7-12-21-15-10-8-14(9-11-15)16(20)19-17(22)18-13(2)3/h8-11,13H,4-7,12H2,1-3H3,(H2,18,19,20,22). The predicted octanol–water partition coefficient (Wildman–Crippen LogP) is 3.66. The largest absolute Gasteiger partial charge is 0.494 e. The van der Waals surface area contributed by atoms with Crippen LogP contribution in [0.15, 0.2) is 24.3 Å². The second-order valence-electron chi connectivity index (χ2n) is 5.52. The maximum atomic E-state index is 12.0. The van der Waals surface area contributed by atoms with Crippen LogP contribution in [0.25, 0.3) is 0 Å². The van der Waals surface area contributed by atoms with Crippen LogP contribution in [0.5, 0.6) is 5.75 Å². The van der Waals surface area contributed by atoms with Gasteiger partial charge in [-0.3, -0.25) is 10.1 Å². The Morgan fingerprint density at radius 1 is 1.18 bits per heavy atom. The van der Waals surface area contributed by atoms with E-state index in [0.717, 1.165) is 12.2 Å². The van der Waals surface area contributed by atoms with Gasteiger partial charge in [-0.1, -0.05) is 26.2 Å². The van der Waals surface area contributed by atoms with Crippen molar-refractivity contribution in [2.45, 2.75) is 52.5 Å². The van der Waals surface area contributed by atoms with Gasteiger partial charge in [0.25, 0.3) is 5.91 Å². The monoisotopic (exact) mass is 322 g/mol. The zero-order chi connectivity index (χ0) is 16.4. The fraction of sp³-hybridized carbons (Fsp3) is 0.529. The Morgan fingerprint density at radius 3 is 2.45 bits per heavy atom. The Hall–Kier alpha value is -1.62. The summed E-state index contributed by atoms with van der Waals surface area (Å²) < 4.78 is 5.65. The van der Waals surface area contributed by atoms with Crippen molar-refractivity contribution in [2.24, 2.45) is 0 Å². The lowest BCUT2D eigenvalue weighted by atomic mass is 10.2. The molecule has 122 valence electrons. The van der Waals surface area contributed by atoms with Crippen LogP contribution in [-0.2, 0) is 0 Å². The Kier molecular flexibility index (Phi) is 8.51. The second-order valence-corrected chi connectivity index (χ2v) is 5.92. The van der Waals surface area contributed by atoms with Crippen LogP contribution < -0.4 is 15.4 Å². The first-order chi connectivity index (χ1) is 10.5. The van der Waals surface area contributed by atoms with E-state index in [1.54, 1.807) is 12.1 Å². The molecule has 0 unspecified atom stereocenters. The highest BCUT2D eigenvalue weighted by molar-refractivity contribution is 7.80. The van der Waals surface area contributed by atoms with E-state index in [2.05, 4.69) is 17.6 Å². The Labute approximate surface area is 138 Å². The SMILES string of the molecule is CCCCCCOc1ccc(C(=O)NC(=S)NC(C)C)cc1. The molecular weight excluding hydrogens is 296 g/mol. The normalized spacial score (nSPS) is 10.4. The molecule has 1 rings (SSSR count). The van der Waals surface area contributed by atoms with Crippen molar-refractivity contribution in [3.05, 3.63) is 29.8 Å². The summed E-state index contributed by atoms with van der Waals surface area (Å²) in [5.41, 5.74) is 0.561. The van der Waals surface area contributed by atoms with E-state index in [-0.39, 0.29) is 11.9 Å². The summed E-state index contributed by atoms with van der Waals surface area (Å²) in [5, 5.41) is 5.97. The molecule has 5 heteroatoms. The number of thiocarbonyl (C=S) groups is 1. The summed E-state index contributed by atoms with van der Waals surface area (Å²) in [6.45, 7) is 6.83. The maximum Gasteiger partial charge on any atom is 0.257 e. The minimum atomic E-state index is -0.215. The fourth-order valence-electron chi connectivity index (χ4n) is 1.89. The molecule has 2 N–H and O–H groups in total. The number of carbonyl (C=O) groups excluding carboxylic acids is 1. The second kappa shape index (κ2) is 10.2. The van der Waals surface area contributed by atoms with Crippen LogP contribution in [0, 0.1) is 0 Å². The summed E-state index contributed by atoms with van der Waals surface area (Å²) in [5.74, 6) is 0.573. The van der Waals surface area contributed by atoms with Crippen molar-refractivity contribution < 1.29 is 9.53 Å². The van der Waals surface area contributed by atoms with Crippen molar-refractivity contribution in [3.63, 3.8) is 0 Å². The van der Waals surface area contributed by atoms with Crippen molar-refractivity contribution >= 4 is 23.2 Å². The average molecular weight is 322 g/mol. The van der Waals surface area contributed by atoms with Crippen LogP contribution in [0.1, 0.15) is 56.8 Å². The topological polar surface area (TPSA) is 50.4 Å². The molecule has 1 aromatic rings. The summed E-state index contributed by atoms with van der Waals surface area (Å²) >= 11 is 5.06. The molecule has 0 aliphatic heterocycles. The molecule has 1 aromatic carbocycles. The van der Waals surface area contributed by atoms with E-state index in [4.69, 9.17) is 17.0 Å². The van der Waals surface area contributed by atoms with Crippen LogP contribution in [0.2, 0.25) is 0 Å². The Balaban J connectivity index is 2.40. The molecule has 0 saturated carbocycles. The number of rotatable bonds is 8. The number of carbonyl (C=O) groups is 1. The molecule has 0 aliphatic rings. The third-order valence-electron chi connectivity index (χ3n) is 3.03. The summed E-state index contributed by atoms with van der Waals surface area (Å²) in [6.07, 6.45) is 4.71. The summed E-state index contributed by atoms with van der Waals surface area (Å²) in [6, 6.07) is 7.31. The van der Waals surface area contributed by atoms with Gasteiger partial charge in [0.05, 0.1) is 6.61 Å². The minimum absolute atomic E-state index is 0.191. The number of hydrogen-bond donors (Lipinski definition) is 2. The van der Waals surface area contributed by atoms with Gasteiger partial charge < -0.3 is 10.1 Å². The van der Waals surface area contributed by atoms with E-state index >= 15 is 0 Å². The van der Waals surface area contributed by atoms with Gasteiger partial charge >= 0.3 is 0 Å². The average Bonchev–Trinajstić information content (AvgIpc) is 2.46. The highest BCUT2D eigenvalue weighted by Crippen LogP contribution is 2.13. The molecule has 0 atom stereocenters. The van der Waals surface area contributed by atoms with Gasteiger partial charge in [0.15, 0.2) is 5.11 Å². The lowest BCUT2D eigenvalue weighted by molar-refractivity contribution is 0.0976. The van der Waals surface area contributed by atoms with E-state index < -0.39 is 0 Å². The number of benzene rings is 1. The smallest absolute Gasteiger partial charge is 0.257 e. The van der Waals surface area contributed by atoms with Crippen molar-refractivity contribution in [2.75, 3.05) is 6.61 Å². The molecule has 1 amide bonds. The first-order valence-corrected chi connectivity index (χ1v) is 8.28. The van der Waals surface area contributed by atoms with Crippen molar-refractivity contribution in [1.29, 1.82) is 0 Å². The molecule has 0 aromatic heterocycles. The highest BCUT2D eigenvalue weighted by Gasteiger charge is 2.08. The molecule has 0 aliphatic carbocycles. The third kappa shape index (κ3) is 7.41. The molecule has 0 heterocycles. The molecule has 0 bridgehead atoms. The lowest BCUT2D eigenvalue weighted by Gasteiger charge is -2.12. The molecule has 0 saturated heterocycles. The third-order valence-corrected chi connectivity index (χ3v) is 3.25. The Morgan fingerprint density at radius 2 is 1.86 bits per heavy atom. The van der Waals surface area contributed by atoms with E-state index in [0.29, 0.717) is 17.3 Å². The first-order valence-electron chi connectivity index (χ1n) is 7.87. The number of hydrogen-bond acceptors (Lipinski definition) is 3. The Bertz CT molecular complexity index is 472. The molecule has 0 fully saturated rings. The molecule has 0 radical (unpaired) electrons. The van der Waals surface area contributed by atoms with Gasteiger partial charge in [-0.15, -0.1) is 0 Å². The van der Waals surface area contributed by atoms with Gasteiger partial charge in [-0.25, -0.2) is 0 Å². The van der Waals surface area contributed by atoms with Crippen LogP contribution in [0.3, 0.4) is 0 Å². The van der Waals surface area contributed by atoms with Gasteiger partial charge in [0.1, 0.15) is 5.75 Å². The van der Waals surface area contributed by atoms with Gasteiger partial charge in [0.2, 0.25) is 0 Å². The lowest BCUT2D eigenvalue weighted by Crippen LogP contribution is -2.42. The molecule has 0 spiro atoms. The molecule has 4 nitrogen and oxygen atoms in total. The minimum Gasteiger partial charge on any atom is -0.494 e. The molecular formula is C17H26N2O2S. The van der Waals surface area contributed by atoms with Gasteiger partial charge in [-0.05, 0) is 56.8 Å². The zero-order valence-electron chi connectivity index (χ0n) is 13.6. The number of nitrogens with one attached hydrogen (secondary N) is 2. The van der Waals surface area contributed by atoms with Gasteiger partial charge in [0, 0.05) is 11.6 Å². The molecule has 22 heavy (non-hydrogen) atoms. The number of ether oxygens (including phenoxy) is 1. The van der Waals surface area contributed by atoms with Crippen LogP contribution >= 0.6 is 12.2 Å². The number of unbranched alkanes of at least 4 members (excludes halogenated alkanes) is 3. The van der Waals surface area contributed by atoms with Gasteiger partial charge in [-0.2, -0.15) is 0 Å². The maximum absolute atomic E-state index is 12.0. The first kappa shape index (κ1) is 18.4. The predicted molar refractivity (Wildman–Crippen MR) is 94.4 cm³/mol. The van der Waals surface area contributed by atoms with Crippen LogP contribution in [-0.4, -0.2) is 23.7 Å².